The Bertz CT molecular complexity index is 1190. The van der Waals surface area contributed by atoms with E-state index in [4.69, 9.17) is 0 Å². The number of nitrogens with one attached hydrogen (secondary N) is 1. The van der Waals surface area contributed by atoms with Gasteiger partial charge in [-0.15, -0.1) is 0 Å². The number of fused-ring (bicyclic) bond motifs is 1. The molecule has 28 heavy (non-hydrogen) atoms. The molecule has 0 bridgehead atoms. The zero-order valence-corrected chi connectivity index (χ0v) is 14.9. The summed E-state index contributed by atoms with van der Waals surface area (Å²) in [7, 11) is 0. The van der Waals surface area contributed by atoms with E-state index in [0.717, 1.165) is 10.1 Å². The molecule has 4 nitrogen and oxygen atoms in total. The van der Waals surface area contributed by atoms with Crippen LogP contribution >= 0.6 is 0 Å². The molecule has 2 aromatic heterocycles. The van der Waals surface area contributed by atoms with Crippen molar-refractivity contribution in [2.45, 2.75) is 19.5 Å². The van der Waals surface area contributed by atoms with Crippen LogP contribution in [0.5, 0.6) is 0 Å². The first kappa shape index (κ1) is 18.0. The van der Waals surface area contributed by atoms with Gasteiger partial charge in [-0.25, -0.2) is 9.50 Å². The minimum absolute atomic E-state index is 0.0298. The van der Waals surface area contributed by atoms with Gasteiger partial charge in [-0.05, 0) is 18.1 Å². The van der Waals surface area contributed by atoms with E-state index >= 15 is 0 Å². The summed E-state index contributed by atoms with van der Waals surface area (Å²) >= 11 is 0. The Morgan fingerprint density at radius 3 is 2.21 bits per heavy atom. The van der Waals surface area contributed by atoms with Crippen LogP contribution in [-0.2, 0) is 12.6 Å². The molecule has 0 aliphatic carbocycles. The van der Waals surface area contributed by atoms with Gasteiger partial charge in [-0.2, -0.15) is 13.2 Å². The number of hydrogen-bond acceptors (Lipinski definition) is 2. The maximum absolute atomic E-state index is 13.7. The Balaban J connectivity index is 1.99. The van der Waals surface area contributed by atoms with Crippen LogP contribution in [0.25, 0.3) is 16.8 Å². The normalized spacial score (nSPS) is 11.9. The van der Waals surface area contributed by atoms with Gasteiger partial charge in [0, 0.05) is 17.7 Å². The molecule has 0 saturated carbocycles. The van der Waals surface area contributed by atoms with Crippen LogP contribution in [0.3, 0.4) is 0 Å². The maximum Gasteiger partial charge on any atom is 0.433 e. The molecule has 0 unspecified atom stereocenters. The zero-order chi connectivity index (χ0) is 19.9. The molecule has 0 saturated heterocycles. The first-order valence-corrected chi connectivity index (χ1v) is 8.67. The summed E-state index contributed by atoms with van der Waals surface area (Å²) in [6, 6.07) is 17.4. The molecule has 0 amide bonds. The van der Waals surface area contributed by atoms with Gasteiger partial charge in [0.1, 0.15) is 5.69 Å². The number of halogens is 3. The molecule has 0 radical (unpaired) electrons. The lowest BCUT2D eigenvalue weighted by Crippen LogP contribution is -2.22. The molecule has 0 aliphatic rings. The van der Waals surface area contributed by atoms with Crippen molar-refractivity contribution in [3.05, 3.63) is 93.5 Å². The number of H-pyrrole nitrogens is 1. The minimum Gasteiger partial charge on any atom is -0.284 e. The van der Waals surface area contributed by atoms with E-state index in [1.54, 1.807) is 37.3 Å². The first-order valence-electron chi connectivity index (χ1n) is 8.67. The molecule has 0 aliphatic heterocycles. The van der Waals surface area contributed by atoms with Crippen LogP contribution in [0, 0.1) is 6.92 Å². The average molecular weight is 383 g/mol. The lowest BCUT2D eigenvalue weighted by atomic mass is 10.0. The summed E-state index contributed by atoms with van der Waals surface area (Å²) in [6.07, 6.45) is -4.36. The molecule has 0 spiro atoms. The van der Waals surface area contributed by atoms with E-state index < -0.39 is 17.4 Å². The predicted octanol–water partition coefficient (Wildman–Crippen LogP) is 4.61. The van der Waals surface area contributed by atoms with Crippen LogP contribution in [0.4, 0.5) is 13.2 Å². The maximum atomic E-state index is 13.7. The van der Waals surface area contributed by atoms with Gasteiger partial charge < -0.3 is 0 Å². The highest BCUT2D eigenvalue weighted by molar-refractivity contribution is 5.80. The molecule has 2 heterocycles. The highest BCUT2D eigenvalue weighted by atomic mass is 19.4. The minimum atomic E-state index is -4.65. The summed E-state index contributed by atoms with van der Waals surface area (Å²) in [5.41, 5.74) is 0.332. The van der Waals surface area contributed by atoms with E-state index in [0.29, 0.717) is 23.2 Å². The number of nitrogens with zero attached hydrogens (tertiary/aromatic N) is 2. The number of aryl methyl sites for hydroxylation is 1. The highest BCUT2D eigenvalue weighted by Crippen LogP contribution is 2.38. The van der Waals surface area contributed by atoms with Crippen LogP contribution in [0.15, 0.2) is 65.5 Å². The second kappa shape index (κ2) is 6.67. The Morgan fingerprint density at radius 2 is 1.61 bits per heavy atom. The molecule has 7 heteroatoms. The molecule has 142 valence electrons. The van der Waals surface area contributed by atoms with Crippen LogP contribution < -0.4 is 5.56 Å². The monoisotopic (exact) mass is 383 g/mol. The fourth-order valence-electron chi connectivity index (χ4n) is 3.30. The van der Waals surface area contributed by atoms with E-state index in [2.05, 4.69) is 10.1 Å². The third-order valence-corrected chi connectivity index (χ3v) is 4.65. The standard InChI is InChI=1S/C21H16F3N3O/c1-13-16(12-14-8-4-2-5-9-14)20(28)27-19(25-13)17(15-10-6-3-7-11-15)18(26-27)21(22,23)24/h2-11,26H,12H2,1H3. The van der Waals surface area contributed by atoms with Crippen molar-refractivity contribution in [3.8, 4) is 11.1 Å². The topological polar surface area (TPSA) is 50.2 Å². The third kappa shape index (κ3) is 3.09. The van der Waals surface area contributed by atoms with E-state index in [9.17, 15) is 18.0 Å². The van der Waals surface area contributed by atoms with E-state index in [1.807, 2.05) is 30.3 Å². The number of aromatic nitrogens is 3. The summed E-state index contributed by atoms with van der Waals surface area (Å²) in [6.45, 7) is 1.65. The molecule has 0 atom stereocenters. The van der Waals surface area contributed by atoms with E-state index in [-0.39, 0.29) is 11.2 Å². The summed E-state index contributed by atoms with van der Waals surface area (Å²) < 4.78 is 41.9. The zero-order valence-electron chi connectivity index (χ0n) is 14.9. The van der Waals surface area contributed by atoms with Crippen molar-refractivity contribution < 1.29 is 13.2 Å². The number of aromatic amines is 1. The molecule has 0 fully saturated rings. The smallest absolute Gasteiger partial charge is 0.284 e. The highest BCUT2D eigenvalue weighted by Gasteiger charge is 2.38. The Hall–Kier alpha value is -3.35. The van der Waals surface area contributed by atoms with Crippen molar-refractivity contribution in [2.24, 2.45) is 0 Å². The lowest BCUT2D eigenvalue weighted by Gasteiger charge is -2.07. The third-order valence-electron chi connectivity index (χ3n) is 4.65. The van der Waals surface area contributed by atoms with Crippen molar-refractivity contribution in [1.29, 1.82) is 0 Å². The average Bonchev–Trinajstić information content (AvgIpc) is 3.06. The van der Waals surface area contributed by atoms with Crippen LogP contribution in [0.1, 0.15) is 22.5 Å². The quantitative estimate of drug-likeness (QED) is 0.562. The van der Waals surface area contributed by atoms with Gasteiger partial charge in [-0.3, -0.25) is 9.89 Å². The van der Waals surface area contributed by atoms with Gasteiger partial charge in [0.2, 0.25) is 0 Å². The largest absolute Gasteiger partial charge is 0.433 e. The SMILES string of the molecule is Cc1nc2c(-c3ccccc3)c(C(F)(F)F)[nH]n2c(=O)c1Cc1ccccc1. The van der Waals surface area contributed by atoms with Crippen molar-refractivity contribution >= 4 is 5.65 Å². The van der Waals surface area contributed by atoms with Gasteiger partial charge in [0.25, 0.3) is 5.56 Å². The molecule has 2 aromatic carbocycles. The fourth-order valence-corrected chi connectivity index (χ4v) is 3.30. The number of rotatable bonds is 3. The Kier molecular flexibility index (Phi) is 4.30. The summed E-state index contributed by atoms with van der Waals surface area (Å²) in [4.78, 5) is 17.4. The number of benzene rings is 2. The molecule has 4 rings (SSSR count). The first-order chi connectivity index (χ1) is 13.4. The van der Waals surface area contributed by atoms with Gasteiger partial charge >= 0.3 is 6.18 Å². The van der Waals surface area contributed by atoms with Crippen molar-refractivity contribution in [1.82, 2.24) is 14.6 Å². The van der Waals surface area contributed by atoms with Crippen LogP contribution in [0.2, 0.25) is 0 Å². The summed E-state index contributed by atoms with van der Waals surface area (Å²) in [5, 5.41) is 2.24. The summed E-state index contributed by atoms with van der Waals surface area (Å²) in [5.74, 6) is 0. The van der Waals surface area contributed by atoms with Crippen molar-refractivity contribution in [2.75, 3.05) is 0 Å². The van der Waals surface area contributed by atoms with Gasteiger partial charge in [-0.1, -0.05) is 60.7 Å². The van der Waals surface area contributed by atoms with Gasteiger partial charge in [0.15, 0.2) is 5.65 Å². The Labute approximate surface area is 158 Å². The van der Waals surface area contributed by atoms with Gasteiger partial charge in [0.05, 0.1) is 5.56 Å². The molecular weight excluding hydrogens is 367 g/mol. The second-order valence-corrected chi connectivity index (χ2v) is 6.53. The molecule has 4 aromatic rings. The number of alkyl halides is 3. The lowest BCUT2D eigenvalue weighted by molar-refractivity contribution is -0.140. The molecular formula is C21H16F3N3O. The fraction of sp³-hybridized carbons (Fsp3) is 0.143. The van der Waals surface area contributed by atoms with Crippen molar-refractivity contribution in [3.63, 3.8) is 0 Å². The number of hydrogen-bond donors (Lipinski definition) is 1. The second-order valence-electron chi connectivity index (χ2n) is 6.53. The Morgan fingerprint density at radius 1 is 1.00 bits per heavy atom. The van der Waals surface area contributed by atoms with Crippen LogP contribution in [-0.4, -0.2) is 14.6 Å². The van der Waals surface area contributed by atoms with E-state index in [1.165, 1.54) is 0 Å². The predicted molar refractivity (Wildman–Crippen MR) is 100 cm³/mol. The molecule has 1 N–H and O–H groups in total.